The average molecular weight is 364 g/mol. The van der Waals surface area contributed by atoms with Crippen LogP contribution < -0.4 is 0 Å². The smallest absolute Gasteiger partial charge is 0.170 e. The molecular formula is C24H28O3. The van der Waals surface area contributed by atoms with Crippen molar-refractivity contribution in [3.05, 3.63) is 70.0 Å². The van der Waals surface area contributed by atoms with E-state index >= 15 is 0 Å². The van der Waals surface area contributed by atoms with Crippen molar-refractivity contribution in [3.8, 4) is 0 Å². The predicted molar refractivity (Wildman–Crippen MR) is 106 cm³/mol. The first-order valence-corrected chi connectivity index (χ1v) is 10.1. The number of rotatable bonds is 5. The Balaban J connectivity index is 1.90. The molecule has 1 aliphatic heterocycles. The largest absolute Gasteiger partial charge is 0.496 e. The molecule has 0 radical (unpaired) electrons. The van der Waals surface area contributed by atoms with E-state index in [9.17, 15) is 4.79 Å². The Kier molecular flexibility index (Phi) is 5.05. The molecule has 4 rings (SSSR count). The zero-order valence-corrected chi connectivity index (χ0v) is 16.5. The second kappa shape index (κ2) is 7.47. The number of carbonyl (C=O) groups is 1. The normalized spacial score (nSPS) is 34.7. The standard InChI is InChI=1S/C24H28O3/c1-4-5-9-17-14-19(26-3)22-21(18-12-13-27-24(18)22)15(2)20(23(17)25)16-10-7-6-8-11-16/h6-8,10-11,14,18,20,24H,4-5,9,12-13H2,1-3H3/b17-14-,21-15-,22-19-. The molecule has 0 bridgehead atoms. The van der Waals surface area contributed by atoms with E-state index in [2.05, 4.69) is 26.0 Å². The number of Topliss-reactive ketones (excluding diaryl/α,β-unsaturated/α-hetero) is 1. The molecule has 3 unspecified atom stereocenters. The fourth-order valence-corrected chi connectivity index (χ4v) is 4.83. The lowest BCUT2D eigenvalue weighted by molar-refractivity contribution is -0.116. The molecule has 0 spiro atoms. The van der Waals surface area contributed by atoms with Gasteiger partial charge < -0.3 is 9.47 Å². The number of ether oxygens (including phenoxy) is 2. The number of methoxy groups -OCH3 is 1. The van der Waals surface area contributed by atoms with Crippen LogP contribution in [0.25, 0.3) is 0 Å². The van der Waals surface area contributed by atoms with Crippen molar-refractivity contribution in [3.63, 3.8) is 0 Å². The third-order valence-corrected chi connectivity index (χ3v) is 6.20. The Morgan fingerprint density at radius 3 is 2.67 bits per heavy atom. The Hall–Kier alpha value is -2.13. The summed E-state index contributed by atoms with van der Waals surface area (Å²) in [5.74, 6) is 1.23. The van der Waals surface area contributed by atoms with E-state index in [4.69, 9.17) is 9.47 Å². The van der Waals surface area contributed by atoms with Crippen LogP contribution in [0.5, 0.6) is 0 Å². The van der Waals surface area contributed by atoms with Crippen molar-refractivity contribution in [2.45, 2.75) is 51.6 Å². The second-order valence-electron chi connectivity index (χ2n) is 7.75. The summed E-state index contributed by atoms with van der Waals surface area (Å²) < 4.78 is 11.7. The summed E-state index contributed by atoms with van der Waals surface area (Å²) >= 11 is 0. The maximum Gasteiger partial charge on any atom is 0.170 e. The molecule has 0 aromatic heterocycles. The molecule has 1 aromatic rings. The van der Waals surface area contributed by atoms with Gasteiger partial charge in [0.1, 0.15) is 5.76 Å². The molecule has 2 fully saturated rings. The first kappa shape index (κ1) is 18.2. The van der Waals surface area contributed by atoms with Crippen molar-refractivity contribution in [1.82, 2.24) is 0 Å². The average Bonchev–Trinajstić information content (AvgIpc) is 3.07. The number of ketones is 1. The highest BCUT2D eigenvalue weighted by molar-refractivity contribution is 6.03. The maximum absolute atomic E-state index is 13.6. The molecule has 3 atom stereocenters. The topological polar surface area (TPSA) is 35.5 Å². The van der Waals surface area contributed by atoms with Gasteiger partial charge in [-0.1, -0.05) is 49.2 Å². The van der Waals surface area contributed by atoms with Crippen LogP contribution in [0.2, 0.25) is 0 Å². The first-order valence-electron chi connectivity index (χ1n) is 10.1. The van der Waals surface area contributed by atoms with E-state index in [1.54, 1.807) is 7.11 Å². The van der Waals surface area contributed by atoms with Gasteiger partial charge in [-0.2, -0.15) is 0 Å². The predicted octanol–water partition coefficient (Wildman–Crippen LogP) is 5.11. The molecule has 2 aliphatic carbocycles. The summed E-state index contributed by atoms with van der Waals surface area (Å²) in [6.45, 7) is 5.07. The van der Waals surface area contributed by atoms with E-state index in [0.717, 1.165) is 49.2 Å². The first-order chi connectivity index (χ1) is 13.2. The molecule has 142 valence electrons. The van der Waals surface area contributed by atoms with Crippen molar-refractivity contribution in [2.24, 2.45) is 5.92 Å². The van der Waals surface area contributed by atoms with Crippen molar-refractivity contribution >= 4 is 5.78 Å². The van der Waals surface area contributed by atoms with Crippen LogP contribution in [-0.2, 0) is 14.3 Å². The van der Waals surface area contributed by atoms with Gasteiger partial charge in [-0.05, 0) is 49.0 Å². The Morgan fingerprint density at radius 2 is 1.96 bits per heavy atom. The number of carbonyl (C=O) groups excluding carboxylic acids is 1. The number of hydrogen-bond acceptors (Lipinski definition) is 3. The fourth-order valence-electron chi connectivity index (χ4n) is 4.83. The van der Waals surface area contributed by atoms with Gasteiger partial charge >= 0.3 is 0 Å². The lowest BCUT2D eigenvalue weighted by Gasteiger charge is -2.41. The summed E-state index contributed by atoms with van der Waals surface area (Å²) in [7, 11) is 1.70. The van der Waals surface area contributed by atoms with E-state index in [-0.39, 0.29) is 17.8 Å². The molecule has 1 heterocycles. The minimum atomic E-state index is -0.209. The van der Waals surface area contributed by atoms with E-state index in [1.165, 1.54) is 16.7 Å². The van der Waals surface area contributed by atoms with Crippen molar-refractivity contribution in [2.75, 3.05) is 13.7 Å². The third kappa shape index (κ3) is 2.98. The molecule has 1 aromatic carbocycles. The van der Waals surface area contributed by atoms with E-state index < -0.39 is 0 Å². The van der Waals surface area contributed by atoms with Gasteiger partial charge in [0.25, 0.3) is 0 Å². The van der Waals surface area contributed by atoms with Crippen molar-refractivity contribution in [1.29, 1.82) is 0 Å². The zero-order chi connectivity index (χ0) is 19.0. The Labute approximate surface area is 161 Å². The minimum absolute atomic E-state index is 0.123. The number of hydrogen-bond donors (Lipinski definition) is 0. The summed E-state index contributed by atoms with van der Waals surface area (Å²) in [4.78, 5) is 13.6. The van der Waals surface area contributed by atoms with Crippen LogP contribution in [0.1, 0.15) is 51.0 Å². The SMILES string of the molecule is CCCC/C1=C/C(OC)=C2\C(=C(\C)C(c3ccccc3)C1=O)C1CCOC21. The number of fused-ring (bicyclic) bond motifs is 4. The number of unbranched alkanes of at least 4 members (excludes halogenated alkanes) is 1. The lowest BCUT2D eigenvalue weighted by Crippen LogP contribution is -2.38. The van der Waals surface area contributed by atoms with Crippen LogP contribution in [0.4, 0.5) is 0 Å². The van der Waals surface area contributed by atoms with Crippen LogP contribution in [0.15, 0.2) is 64.5 Å². The molecule has 1 saturated heterocycles. The van der Waals surface area contributed by atoms with Crippen LogP contribution in [-0.4, -0.2) is 25.6 Å². The van der Waals surface area contributed by atoms with Gasteiger partial charge in [-0.3, -0.25) is 4.79 Å². The Bertz CT molecular complexity index is 828. The van der Waals surface area contributed by atoms with Gasteiger partial charge in [-0.15, -0.1) is 0 Å². The van der Waals surface area contributed by atoms with Crippen molar-refractivity contribution < 1.29 is 14.3 Å². The molecule has 27 heavy (non-hydrogen) atoms. The van der Waals surface area contributed by atoms with Crippen LogP contribution in [0, 0.1) is 5.92 Å². The molecule has 1 saturated carbocycles. The molecule has 0 amide bonds. The number of benzene rings is 1. The summed E-state index contributed by atoms with van der Waals surface area (Å²) in [5.41, 5.74) is 5.58. The molecule has 3 heteroatoms. The molecule has 0 N–H and O–H groups in total. The van der Waals surface area contributed by atoms with E-state index in [0.29, 0.717) is 5.92 Å². The third-order valence-electron chi connectivity index (χ3n) is 6.20. The highest BCUT2D eigenvalue weighted by Crippen LogP contribution is 2.53. The number of allylic oxidation sites excluding steroid dienone is 3. The zero-order valence-electron chi connectivity index (χ0n) is 16.5. The highest BCUT2D eigenvalue weighted by Gasteiger charge is 2.50. The second-order valence-corrected chi connectivity index (χ2v) is 7.75. The molecular weight excluding hydrogens is 336 g/mol. The van der Waals surface area contributed by atoms with Crippen LogP contribution >= 0.6 is 0 Å². The summed E-state index contributed by atoms with van der Waals surface area (Å²) in [5, 5.41) is 0. The minimum Gasteiger partial charge on any atom is -0.496 e. The Morgan fingerprint density at radius 1 is 1.19 bits per heavy atom. The molecule has 3 nitrogen and oxygen atoms in total. The van der Waals surface area contributed by atoms with Crippen LogP contribution in [0.3, 0.4) is 0 Å². The van der Waals surface area contributed by atoms with Gasteiger partial charge in [0, 0.05) is 18.1 Å². The summed E-state index contributed by atoms with van der Waals surface area (Å²) in [6.07, 6.45) is 6.00. The fraction of sp³-hybridized carbons (Fsp3) is 0.458. The van der Waals surface area contributed by atoms with Gasteiger partial charge in [-0.25, -0.2) is 0 Å². The van der Waals surface area contributed by atoms with Gasteiger partial charge in [0.15, 0.2) is 5.78 Å². The maximum atomic E-state index is 13.6. The monoisotopic (exact) mass is 364 g/mol. The lowest BCUT2D eigenvalue weighted by atomic mass is 9.65. The van der Waals surface area contributed by atoms with Gasteiger partial charge in [0.05, 0.1) is 19.1 Å². The highest BCUT2D eigenvalue weighted by atomic mass is 16.5. The van der Waals surface area contributed by atoms with E-state index in [1.807, 2.05) is 24.3 Å². The quantitative estimate of drug-likeness (QED) is 0.729. The summed E-state index contributed by atoms with van der Waals surface area (Å²) in [6, 6.07) is 10.2. The molecule has 3 aliphatic rings. The van der Waals surface area contributed by atoms with Gasteiger partial charge in [0.2, 0.25) is 0 Å².